The lowest BCUT2D eigenvalue weighted by Crippen LogP contribution is -1.86. The first-order valence-corrected chi connectivity index (χ1v) is 8.06. The summed E-state index contributed by atoms with van der Waals surface area (Å²) in [6.45, 7) is 2.10. The van der Waals surface area contributed by atoms with Gasteiger partial charge in [0, 0.05) is 15.2 Å². The van der Waals surface area contributed by atoms with Crippen LogP contribution in [0.1, 0.15) is 11.8 Å². The molecule has 2 heterocycles. The van der Waals surface area contributed by atoms with Crippen molar-refractivity contribution in [2.24, 2.45) is 0 Å². The van der Waals surface area contributed by atoms with Crippen LogP contribution >= 0.6 is 34.7 Å². The maximum absolute atomic E-state index is 12.9. The van der Waals surface area contributed by atoms with E-state index < -0.39 is 0 Å². The molecule has 0 atom stereocenters. The van der Waals surface area contributed by atoms with Gasteiger partial charge in [0.1, 0.15) is 15.7 Å². The Bertz CT molecular complexity index is 756. The van der Waals surface area contributed by atoms with Crippen LogP contribution in [0.5, 0.6) is 0 Å². The van der Waals surface area contributed by atoms with Crippen LogP contribution in [-0.4, -0.2) is 9.97 Å². The summed E-state index contributed by atoms with van der Waals surface area (Å²) in [7, 11) is 0. The van der Waals surface area contributed by atoms with Gasteiger partial charge in [-0.3, -0.25) is 0 Å². The fourth-order valence-electron chi connectivity index (χ4n) is 1.79. The molecule has 2 nitrogen and oxygen atoms in total. The number of rotatable bonds is 3. The van der Waals surface area contributed by atoms with Crippen molar-refractivity contribution in [2.45, 2.75) is 23.3 Å². The average Bonchev–Trinajstić information content (AvgIpc) is 2.84. The smallest absolute Gasteiger partial charge is 0.210 e. The molecule has 0 saturated carbocycles. The van der Waals surface area contributed by atoms with E-state index in [1.54, 1.807) is 23.5 Å². The summed E-state index contributed by atoms with van der Waals surface area (Å²) in [5.74, 6) is -0.246. The average molecular weight is 325 g/mol. The predicted molar refractivity (Wildman–Crippen MR) is 82.3 cm³/mol. The summed E-state index contributed by atoms with van der Waals surface area (Å²) in [6, 6.07) is 8.44. The number of hydrogen-bond donors (Lipinski definition) is 0. The highest BCUT2D eigenvalue weighted by Gasteiger charge is 2.12. The largest absolute Gasteiger partial charge is 0.224 e. The highest BCUT2D eigenvalue weighted by molar-refractivity contribution is 7.99. The van der Waals surface area contributed by atoms with Crippen LogP contribution in [0.4, 0.5) is 4.39 Å². The van der Waals surface area contributed by atoms with E-state index in [2.05, 4.69) is 23.0 Å². The molecule has 102 valence electrons. The van der Waals surface area contributed by atoms with E-state index in [9.17, 15) is 4.39 Å². The first-order valence-electron chi connectivity index (χ1n) is 6.05. The van der Waals surface area contributed by atoms with Crippen molar-refractivity contribution in [1.29, 1.82) is 0 Å². The minimum atomic E-state index is -0.246. The Hall–Kier alpha value is -1.17. The molecule has 20 heavy (non-hydrogen) atoms. The Morgan fingerprint density at radius 3 is 2.70 bits per heavy atom. The van der Waals surface area contributed by atoms with Gasteiger partial charge in [-0.05, 0) is 48.4 Å². The molecule has 0 radical (unpaired) electrons. The van der Waals surface area contributed by atoms with E-state index in [1.165, 1.54) is 28.8 Å². The van der Waals surface area contributed by atoms with Gasteiger partial charge < -0.3 is 0 Å². The van der Waals surface area contributed by atoms with Crippen molar-refractivity contribution >= 4 is 44.9 Å². The van der Waals surface area contributed by atoms with Crippen LogP contribution in [-0.2, 0) is 6.42 Å². The van der Waals surface area contributed by atoms with Crippen LogP contribution < -0.4 is 0 Å². The molecule has 0 aliphatic heterocycles. The summed E-state index contributed by atoms with van der Waals surface area (Å²) >= 11 is 9.08. The molecule has 3 aromatic rings. The van der Waals surface area contributed by atoms with Crippen molar-refractivity contribution in [1.82, 2.24) is 9.97 Å². The Morgan fingerprint density at radius 2 is 2.00 bits per heavy atom. The second kappa shape index (κ2) is 5.68. The normalized spacial score (nSPS) is 11.2. The number of halogens is 2. The van der Waals surface area contributed by atoms with Crippen molar-refractivity contribution in [2.75, 3.05) is 0 Å². The Labute approximate surface area is 129 Å². The third-order valence-corrected chi connectivity index (χ3v) is 5.11. The van der Waals surface area contributed by atoms with Gasteiger partial charge in [-0.1, -0.05) is 18.7 Å². The van der Waals surface area contributed by atoms with Crippen LogP contribution in [0.2, 0.25) is 5.28 Å². The molecule has 0 N–H and O–H groups in total. The monoisotopic (exact) mass is 324 g/mol. The molecular formula is C14H10ClFN2S2. The van der Waals surface area contributed by atoms with Crippen LogP contribution in [0.15, 0.2) is 40.3 Å². The molecule has 0 aliphatic rings. The van der Waals surface area contributed by atoms with Gasteiger partial charge in [-0.2, -0.15) is 0 Å². The number of thiophene rings is 1. The maximum Gasteiger partial charge on any atom is 0.224 e. The van der Waals surface area contributed by atoms with Gasteiger partial charge in [0.05, 0.1) is 0 Å². The molecule has 2 aromatic heterocycles. The standard InChI is InChI=1S/C14H10ClFN2S2/c1-2-9-7-11-12(19-9)17-14(15)18-13(11)20-10-5-3-8(16)4-6-10/h3-7H,2H2,1H3. The third-order valence-electron chi connectivity index (χ3n) is 2.76. The lowest BCUT2D eigenvalue weighted by Gasteiger charge is -2.02. The van der Waals surface area contributed by atoms with Crippen LogP contribution in [0, 0.1) is 5.82 Å². The number of fused-ring (bicyclic) bond motifs is 1. The van der Waals surface area contributed by atoms with E-state index in [-0.39, 0.29) is 11.1 Å². The van der Waals surface area contributed by atoms with Crippen molar-refractivity contribution < 1.29 is 4.39 Å². The SMILES string of the molecule is CCc1cc2c(Sc3ccc(F)cc3)nc(Cl)nc2s1. The van der Waals surface area contributed by atoms with E-state index in [1.807, 2.05) is 0 Å². The molecular weight excluding hydrogens is 315 g/mol. The highest BCUT2D eigenvalue weighted by atomic mass is 35.5. The summed E-state index contributed by atoms with van der Waals surface area (Å²) < 4.78 is 12.9. The molecule has 0 amide bonds. The second-order valence-corrected chi connectivity index (χ2v) is 6.65. The van der Waals surface area contributed by atoms with E-state index in [0.29, 0.717) is 0 Å². The molecule has 1 aromatic carbocycles. The van der Waals surface area contributed by atoms with E-state index in [4.69, 9.17) is 11.6 Å². The Morgan fingerprint density at radius 1 is 1.25 bits per heavy atom. The minimum absolute atomic E-state index is 0.242. The molecule has 6 heteroatoms. The number of nitrogens with zero attached hydrogens (tertiary/aromatic N) is 2. The fraction of sp³-hybridized carbons (Fsp3) is 0.143. The number of benzene rings is 1. The first-order chi connectivity index (χ1) is 9.65. The third kappa shape index (κ3) is 2.80. The first kappa shape index (κ1) is 13.8. The molecule has 0 saturated heterocycles. The molecule has 0 unspecified atom stereocenters. The summed E-state index contributed by atoms with van der Waals surface area (Å²) in [6.07, 6.45) is 0.958. The Balaban J connectivity index is 2.05. The van der Waals surface area contributed by atoms with Gasteiger partial charge >= 0.3 is 0 Å². The quantitative estimate of drug-likeness (QED) is 0.489. The maximum atomic E-state index is 12.9. The van der Waals surface area contributed by atoms with Crippen molar-refractivity contribution in [3.63, 3.8) is 0 Å². The molecule has 0 spiro atoms. The van der Waals surface area contributed by atoms with Crippen LogP contribution in [0.3, 0.4) is 0 Å². The highest BCUT2D eigenvalue weighted by Crippen LogP contribution is 2.36. The fourth-order valence-corrected chi connectivity index (χ4v) is 3.98. The molecule has 0 aliphatic carbocycles. The summed E-state index contributed by atoms with van der Waals surface area (Å²) in [5.41, 5.74) is 0. The number of aromatic nitrogens is 2. The zero-order valence-corrected chi connectivity index (χ0v) is 12.9. The lowest BCUT2D eigenvalue weighted by molar-refractivity contribution is 0.626. The zero-order chi connectivity index (χ0) is 14.1. The van der Waals surface area contributed by atoms with Gasteiger partial charge in [-0.15, -0.1) is 11.3 Å². The van der Waals surface area contributed by atoms with Crippen LogP contribution in [0.25, 0.3) is 10.2 Å². The molecule has 0 bridgehead atoms. The topological polar surface area (TPSA) is 25.8 Å². The summed E-state index contributed by atoms with van der Waals surface area (Å²) in [5, 5.41) is 2.06. The minimum Gasteiger partial charge on any atom is -0.210 e. The van der Waals surface area contributed by atoms with Crippen molar-refractivity contribution in [3.05, 3.63) is 46.3 Å². The van der Waals surface area contributed by atoms with Crippen molar-refractivity contribution in [3.8, 4) is 0 Å². The Kier molecular flexibility index (Phi) is 3.92. The number of hydrogen-bond acceptors (Lipinski definition) is 4. The van der Waals surface area contributed by atoms with E-state index in [0.717, 1.165) is 26.6 Å². The second-order valence-electron chi connectivity index (χ2n) is 4.14. The van der Waals surface area contributed by atoms with E-state index >= 15 is 0 Å². The summed E-state index contributed by atoms with van der Waals surface area (Å²) in [4.78, 5) is 11.6. The molecule has 0 fully saturated rings. The van der Waals surface area contributed by atoms with Gasteiger partial charge in [-0.25, -0.2) is 14.4 Å². The number of aryl methyl sites for hydroxylation is 1. The van der Waals surface area contributed by atoms with Gasteiger partial charge in [0.15, 0.2) is 0 Å². The molecule has 3 rings (SSSR count). The predicted octanol–water partition coefficient (Wildman–Crippen LogP) is 5.20. The van der Waals surface area contributed by atoms with Gasteiger partial charge in [0.25, 0.3) is 0 Å². The van der Waals surface area contributed by atoms with Gasteiger partial charge in [0.2, 0.25) is 5.28 Å². The lowest BCUT2D eigenvalue weighted by atomic mass is 10.3. The zero-order valence-electron chi connectivity index (χ0n) is 10.6.